The lowest BCUT2D eigenvalue weighted by molar-refractivity contribution is -0.137. The van der Waals surface area contributed by atoms with E-state index in [2.05, 4.69) is 0 Å². The lowest BCUT2D eigenvalue weighted by atomic mass is 10.0. The van der Waals surface area contributed by atoms with E-state index in [-0.39, 0.29) is 12.2 Å². The number of hydrogen-bond donors (Lipinski definition) is 2. The quantitative estimate of drug-likeness (QED) is 0.538. The van der Waals surface area contributed by atoms with Crippen LogP contribution in [0, 0.1) is 0 Å². The first-order valence-electron chi connectivity index (χ1n) is 7.76. The highest BCUT2D eigenvalue weighted by Gasteiger charge is 2.16. The lowest BCUT2D eigenvalue weighted by Crippen LogP contribution is -2.02. The van der Waals surface area contributed by atoms with Gasteiger partial charge in [0.1, 0.15) is 0 Å². The number of benzene rings is 2. The monoisotopic (exact) mass is 322 g/mol. The molecule has 0 unspecified atom stereocenters. The van der Waals surface area contributed by atoms with Gasteiger partial charge in [0.2, 0.25) is 0 Å². The Labute approximate surface area is 139 Å². The number of fused-ring (bicyclic) bond motifs is 1. The van der Waals surface area contributed by atoms with Crippen LogP contribution < -0.4 is 5.73 Å². The van der Waals surface area contributed by atoms with Crippen LogP contribution in [-0.4, -0.2) is 21.4 Å². The topological polar surface area (TPSA) is 85.3 Å². The molecule has 3 N–H and O–H groups in total. The Kier molecular flexibility index (Phi) is 4.33. The van der Waals surface area contributed by atoms with E-state index in [1.807, 2.05) is 35.0 Å². The zero-order valence-corrected chi connectivity index (χ0v) is 13.1. The Morgan fingerprint density at radius 3 is 2.46 bits per heavy atom. The van der Waals surface area contributed by atoms with Crippen molar-refractivity contribution < 1.29 is 14.7 Å². The van der Waals surface area contributed by atoms with Gasteiger partial charge in [-0.2, -0.15) is 0 Å². The van der Waals surface area contributed by atoms with Crippen LogP contribution in [0.1, 0.15) is 28.8 Å². The number of nitrogen functional groups attached to an aromatic ring is 1. The van der Waals surface area contributed by atoms with Gasteiger partial charge in [0.15, 0.2) is 5.78 Å². The Balaban J connectivity index is 1.97. The second-order valence-corrected chi connectivity index (χ2v) is 5.70. The minimum absolute atomic E-state index is 0.0665. The maximum absolute atomic E-state index is 12.8. The summed E-state index contributed by atoms with van der Waals surface area (Å²) in [6.07, 6.45) is 2.43. The molecule has 5 heteroatoms. The first kappa shape index (κ1) is 15.8. The number of carboxylic acid groups (broad SMARTS) is 1. The molecular weight excluding hydrogens is 304 g/mol. The highest BCUT2D eigenvalue weighted by atomic mass is 16.4. The number of para-hydroxylation sites is 1. The average Bonchev–Trinajstić information content (AvgIpc) is 2.94. The number of rotatable bonds is 6. The number of carboxylic acids is 1. The summed E-state index contributed by atoms with van der Waals surface area (Å²) >= 11 is 0. The van der Waals surface area contributed by atoms with E-state index in [4.69, 9.17) is 10.8 Å². The zero-order valence-electron chi connectivity index (χ0n) is 13.1. The molecule has 5 nitrogen and oxygen atoms in total. The minimum Gasteiger partial charge on any atom is -0.481 e. The van der Waals surface area contributed by atoms with Crippen molar-refractivity contribution in [1.29, 1.82) is 0 Å². The number of nitrogens with zero attached hydrogens (tertiary/aromatic N) is 1. The molecule has 0 radical (unpaired) electrons. The molecule has 0 aliphatic carbocycles. The van der Waals surface area contributed by atoms with Gasteiger partial charge in [0.05, 0.1) is 0 Å². The van der Waals surface area contributed by atoms with Gasteiger partial charge in [-0.25, -0.2) is 0 Å². The van der Waals surface area contributed by atoms with E-state index in [1.165, 1.54) is 0 Å². The van der Waals surface area contributed by atoms with Crippen LogP contribution in [0.25, 0.3) is 10.9 Å². The highest BCUT2D eigenvalue weighted by Crippen LogP contribution is 2.24. The van der Waals surface area contributed by atoms with Crippen molar-refractivity contribution in [2.75, 3.05) is 5.73 Å². The molecule has 2 aromatic carbocycles. The summed E-state index contributed by atoms with van der Waals surface area (Å²) in [5.74, 6) is -0.882. The van der Waals surface area contributed by atoms with E-state index < -0.39 is 5.97 Å². The summed E-state index contributed by atoms with van der Waals surface area (Å²) < 4.78 is 1.95. The Bertz CT molecular complexity index is 895. The van der Waals surface area contributed by atoms with E-state index in [0.29, 0.717) is 29.8 Å². The van der Waals surface area contributed by atoms with Crippen LogP contribution in [0.15, 0.2) is 54.7 Å². The van der Waals surface area contributed by atoms with Crippen molar-refractivity contribution in [3.8, 4) is 0 Å². The molecule has 24 heavy (non-hydrogen) atoms. The molecule has 0 fully saturated rings. The van der Waals surface area contributed by atoms with Crippen molar-refractivity contribution in [2.24, 2.45) is 0 Å². The normalized spacial score (nSPS) is 10.8. The van der Waals surface area contributed by atoms with Gasteiger partial charge in [0.25, 0.3) is 0 Å². The van der Waals surface area contributed by atoms with E-state index >= 15 is 0 Å². The van der Waals surface area contributed by atoms with Crippen LogP contribution >= 0.6 is 0 Å². The summed E-state index contributed by atoms with van der Waals surface area (Å²) in [6, 6.07) is 14.5. The van der Waals surface area contributed by atoms with Crippen LogP contribution in [0.3, 0.4) is 0 Å². The second-order valence-electron chi connectivity index (χ2n) is 5.70. The van der Waals surface area contributed by atoms with Crippen LogP contribution in [-0.2, 0) is 11.3 Å². The molecular formula is C19H18N2O3. The van der Waals surface area contributed by atoms with Crippen molar-refractivity contribution in [3.05, 3.63) is 65.9 Å². The third kappa shape index (κ3) is 3.15. The fourth-order valence-corrected chi connectivity index (χ4v) is 2.80. The van der Waals surface area contributed by atoms with Crippen LogP contribution in [0.4, 0.5) is 5.69 Å². The molecule has 0 bridgehead atoms. The maximum Gasteiger partial charge on any atom is 0.303 e. The number of ketones is 1. The molecule has 0 amide bonds. The number of carbonyl (C=O) groups is 2. The number of anilines is 1. The summed E-state index contributed by atoms with van der Waals surface area (Å²) in [5.41, 5.74) is 8.42. The first-order valence-corrected chi connectivity index (χ1v) is 7.76. The van der Waals surface area contributed by atoms with Crippen LogP contribution in [0.2, 0.25) is 0 Å². The number of carbonyl (C=O) groups excluding carboxylic acids is 1. The van der Waals surface area contributed by atoms with E-state index in [9.17, 15) is 9.59 Å². The Morgan fingerprint density at radius 2 is 1.75 bits per heavy atom. The number of aliphatic carboxylic acids is 1. The minimum atomic E-state index is -0.815. The number of aromatic nitrogens is 1. The standard InChI is InChI=1S/C19H18N2O3/c20-14-9-7-13(8-10-14)19(24)16-12-21(11-3-6-18(22)23)17-5-2-1-4-15(16)17/h1-2,4-5,7-10,12H,3,6,11,20H2,(H,22,23). The summed E-state index contributed by atoms with van der Waals surface area (Å²) in [4.78, 5) is 23.5. The first-order chi connectivity index (χ1) is 11.6. The van der Waals surface area contributed by atoms with E-state index in [0.717, 1.165) is 10.9 Å². The van der Waals surface area contributed by atoms with Crippen LogP contribution in [0.5, 0.6) is 0 Å². The van der Waals surface area contributed by atoms with Crippen molar-refractivity contribution >= 4 is 28.3 Å². The zero-order chi connectivity index (χ0) is 17.1. The van der Waals surface area contributed by atoms with E-state index in [1.54, 1.807) is 24.3 Å². The van der Waals surface area contributed by atoms with Gasteiger partial charge in [-0.1, -0.05) is 18.2 Å². The van der Waals surface area contributed by atoms with Gasteiger partial charge < -0.3 is 15.4 Å². The third-order valence-corrected chi connectivity index (χ3v) is 4.00. The summed E-state index contributed by atoms with van der Waals surface area (Å²) in [7, 11) is 0. The van der Waals surface area contributed by atoms with Crippen molar-refractivity contribution in [1.82, 2.24) is 4.57 Å². The molecule has 3 rings (SSSR count). The Hall–Kier alpha value is -3.08. The summed E-state index contributed by atoms with van der Waals surface area (Å²) in [5, 5.41) is 9.67. The predicted octanol–water partition coefficient (Wildman–Crippen LogP) is 3.32. The third-order valence-electron chi connectivity index (χ3n) is 4.00. The van der Waals surface area contributed by atoms with Gasteiger partial charge in [-0.3, -0.25) is 9.59 Å². The molecule has 0 saturated carbocycles. The molecule has 0 atom stereocenters. The predicted molar refractivity (Wildman–Crippen MR) is 93.1 cm³/mol. The van der Waals surface area contributed by atoms with Gasteiger partial charge in [0, 0.05) is 46.9 Å². The van der Waals surface area contributed by atoms with Gasteiger partial charge in [-0.05, 0) is 36.8 Å². The van der Waals surface area contributed by atoms with Crippen molar-refractivity contribution in [3.63, 3.8) is 0 Å². The largest absolute Gasteiger partial charge is 0.481 e. The van der Waals surface area contributed by atoms with Gasteiger partial charge >= 0.3 is 5.97 Å². The highest BCUT2D eigenvalue weighted by molar-refractivity contribution is 6.16. The molecule has 122 valence electrons. The molecule has 1 aromatic heterocycles. The summed E-state index contributed by atoms with van der Waals surface area (Å²) in [6.45, 7) is 0.557. The molecule has 3 aromatic rings. The smallest absolute Gasteiger partial charge is 0.303 e. The maximum atomic E-state index is 12.8. The molecule has 0 aliphatic heterocycles. The average molecular weight is 322 g/mol. The second kappa shape index (κ2) is 6.58. The number of hydrogen-bond acceptors (Lipinski definition) is 3. The fraction of sp³-hybridized carbons (Fsp3) is 0.158. The fourth-order valence-electron chi connectivity index (χ4n) is 2.80. The number of nitrogens with two attached hydrogens (primary N) is 1. The molecule has 1 heterocycles. The lowest BCUT2D eigenvalue weighted by Gasteiger charge is -2.03. The molecule has 0 aliphatic rings. The molecule has 0 saturated heterocycles. The molecule has 0 spiro atoms. The SMILES string of the molecule is Nc1ccc(C(=O)c2cn(CCCC(=O)O)c3ccccc23)cc1. The Morgan fingerprint density at radius 1 is 1.04 bits per heavy atom. The number of aryl methyl sites for hydroxylation is 1. The van der Waals surface area contributed by atoms with Crippen molar-refractivity contribution in [2.45, 2.75) is 19.4 Å². The van der Waals surface area contributed by atoms with Gasteiger partial charge in [-0.15, -0.1) is 0 Å².